The van der Waals surface area contributed by atoms with E-state index >= 15 is 0 Å². The van der Waals surface area contributed by atoms with Gasteiger partial charge in [0.2, 0.25) is 5.76 Å². The summed E-state index contributed by atoms with van der Waals surface area (Å²) in [7, 11) is 0. The Labute approximate surface area is 173 Å². The monoisotopic (exact) mass is 423 g/mol. The molecule has 2 aromatic rings. The van der Waals surface area contributed by atoms with Crippen LogP contribution in [0, 0.1) is 11.8 Å². The SMILES string of the molecule is CC(C)CN(CC(C)C)c1ccc(N=Nc2ncc(C(N)=O)o2)c(SOOO)c1. The lowest BCUT2D eigenvalue weighted by molar-refractivity contribution is -0.432. The quantitative estimate of drug-likeness (QED) is 0.229. The minimum absolute atomic E-state index is 0.112. The van der Waals surface area contributed by atoms with Crippen molar-refractivity contribution >= 4 is 35.3 Å². The molecule has 1 heterocycles. The molecule has 0 saturated heterocycles. The molecule has 11 heteroatoms. The lowest BCUT2D eigenvalue weighted by Crippen LogP contribution is -2.31. The van der Waals surface area contributed by atoms with Gasteiger partial charge in [0.15, 0.2) is 0 Å². The van der Waals surface area contributed by atoms with Crippen LogP contribution in [-0.4, -0.2) is 29.2 Å². The number of nitrogens with two attached hydrogens (primary N) is 1. The number of oxazole rings is 1. The van der Waals surface area contributed by atoms with E-state index in [9.17, 15) is 4.79 Å². The zero-order valence-corrected chi connectivity index (χ0v) is 17.5. The molecule has 0 fully saturated rings. The maximum Gasteiger partial charge on any atom is 0.341 e. The average Bonchev–Trinajstić information content (AvgIpc) is 3.13. The number of nitrogens with zero attached hydrogens (tertiary/aromatic N) is 4. The maximum absolute atomic E-state index is 11.1. The van der Waals surface area contributed by atoms with E-state index in [0.29, 0.717) is 22.4 Å². The number of carbonyl (C=O) groups excluding carboxylic acids is 1. The fourth-order valence-corrected chi connectivity index (χ4v) is 3.06. The minimum Gasteiger partial charge on any atom is -0.416 e. The van der Waals surface area contributed by atoms with E-state index in [2.05, 4.69) is 57.2 Å². The number of amides is 1. The highest BCUT2D eigenvalue weighted by Gasteiger charge is 2.15. The highest BCUT2D eigenvalue weighted by atomic mass is 32.2. The lowest BCUT2D eigenvalue weighted by Gasteiger charge is -2.29. The van der Waals surface area contributed by atoms with Crippen LogP contribution in [-0.2, 0) is 9.37 Å². The van der Waals surface area contributed by atoms with E-state index < -0.39 is 5.91 Å². The van der Waals surface area contributed by atoms with Gasteiger partial charge in [-0.25, -0.2) is 5.26 Å². The molecule has 158 valence electrons. The molecule has 0 aliphatic rings. The summed E-state index contributed by atoms with van der Waals surface area (Å²) in [5, 5.41) is 20.2. The van der Waals surface area contributed by atoms with E-state index in [0.717, 1.165) is 30.8 Å². The van der Waals surface area contributed by atoms with Crippen molar-refractivity contribution in [1.82, 2.24) is 4.98 Å². The van der Waals surface area contributed by atoms with Gasteiger partial charge in [0, 0.05) is 18.8 Å². The van der Waals surface area contributed by atoms with Gasteiger partial charge in [-0.05, 0) is 30.0 Å². The Morgan fingerprint density at radius 1 is 1.28 bits per heavy atom. The van der Waals surface area contributed by atoms with Gasteiger partial charge in [0.1, 0.15) is 5.69 Å². The third-order valence-electron chi connectivity index (χ3n) is 3.61. The Morgan fingerprint density at radius 3 is 2.52 bits per heavy atom. The number of aromatic nitrogens is 1. The number of primary amides is 1. The highest BCUT2D eigenvalue weighted by Crippen LogP contribution is 2.35. The van der Waals surface area contributed by atoms with Crippen LogP contribution in [0.2, 0.25) is 0 Å². The van der Waals surface area contributed by atoms with Gasteiger partial charge in [-0.15, -0.1) is 9.45 Å². The second-order valence-electron chi connectivity index (χ2n) is 7.14. The van der Waals surface area contributed by atoms with Gasteiger partial charge in [-0.2, -0.15) is 4.98 Å². The molecule has 1 amide bonds. The van der Waals surface area contributed by atoms with E-state index in [-0.39, 0.29) is 11.8 Å². The molecule has 0 spiro atoms. The highest BCUT2D eigenvalue weighted by molar-refractivity contribution is 7.94. The summed E-state index contributed by atoms with van der Waals surface area (Å²) in [4.78, 5) is 17.7. The molecular weight excluding hydrogens is 398 g/mol. The first-order valence-electron chi connectivity index (χ1n) is 9.01. The lowest BCUT2D eigenvalue weighted by atomic mass is 10.1. The number of anilines is 1. The topological polar surface area (TPSA) is 136 Å². The summed E-state index contributed by atoms with van der Waals surface area (Å²) in [5.41, 5.74) is 6.53. The van der Waals surface area contributed by atoms with Crippen molar-refractivity contribution in [2.45, 2.75) is 32.6 Å². The number of azo groups is 1. The van der Waals surface area contributed by atoms with Crippen LogP contribution in [0.5, 0.6) is 0 Å². The van der Waals surface area contributed by atoms with Crippen LogP contribution in [0.4, 0.5) is 17.4 Å². The number of carbonyl (C=O) groups is 1. The van der Waals surface area contributed by atoms with E-state index in [1.165, 1.54) is 6.20 Å². The summed E-state index contributed by atoms with van der Waals surface area (Å²) in [5.74, 6) is 0.0961. The number of rotatable bonds is 11. The van der Waals surface area contributed by atoms with Crippen molar-refractivity contribution in [3.63, 3.8) is 0 Å². The van der Waals surface area contributed by atoms with Crippen LogP contribution in [0.25, 0.3) is 0 Å². The van der Waals surface area contributed by atoms with Gasteiger partial charge in [-0.3, -0.25) is 4.79 Å². The fraction of sp³-hybridized carbons (Fsp3) is 0.444. The number of benzene rings is 1. The maximum atomic E-state index is 11.1. The van der Waals surface area contributed by atoms with Crippen LogP contribution in [0.3, 0.4) is 0 Å². The van der Waals surface area contributed by atoms with Crippen molar-refractivity contribution in [2.75, 3.05) is 18.0 Å². The average molecular weight is 423 g/mol. The molecule has 10 nitrogen and oxygen atoms in total. The predicted octanol–water partition coefficient (Wildman–Crippen LogP) is 4.74. The normalized spacial score (nSPS) is 11.7. The first kappa shape index (κ1) is 22.8. The Bertz CT molecular complexity index is 830. The Kier molecular flexibility index (Phi) is 8.58. The van der Waals surface area contributed by atoms with E-state index in [1.807, 2.05) is 12.1 Å². The second-order valence-corrected chi connectivity index (χ2v) is 7.88. The van der Waals surface area contributed by atoms with Crippen LogP contribution < -0.4 is 10.6 Å². The van der Waals surface area contributed by atoms with Crippen molar-refractivity contribution < 1.29 is 23.8 Å². The summed E-state index contributed by atoms with van der Waals surface area (Å²) in [6.45, 7) is 10.4. The minimum atomic E-state index is -0.747. The van der Waals surface area contributed by atoms with Gasteiger partial charge in [0.05, 0.1) is 23.1 Å². The molecule has 0 saturated carbocycles. The summed E-state index contributed by atoms with van der Waals surface area (Å²) in [6.07, 6.45) is 1.17. The smallest absolute Gasteiger partial charge is 0.341 e. The van der Waals surface area contributed by atoms with Gasteiger partial charge in [-0.1, -0.05) is 37.8 Å². The zero-order chi connectivity index (χ0) is 21.4. The third kappa shape index (κ3) is 7.13. The molecule has 1 aromatic heterocycles. The Hall–Kier alpha value is -2.47. The van der Waals surface area contributed by atoms with Crippen molar-refractivity contribution in [3.8, 4) is 0 Å². The van der Waals surface area contributed by atoms with E-state index in [1.54, 1.807) is 6.07 Å². The van der Waals surface area contributed by atoms with Gasteiger partial charge < -0.3 is 15.1 Å². The zero-order valence-electron chi connectivity index (χ0n) is 16.7. The molecule has 2 rings (SSSR count). The summed E-state index contributed by atoms with van der Waals surface area (Å²) < 4.78 is 9.68. The van der Waals surface area contributed by atoms with Crippen molar-refractivity contribution in [2.24, 2.45) is 27.8 Å². The number of hydrogen-bond acceptors (Lipinski definition) is 10. The molecule has 1 aromatic carbocycles. The Balaban J connectivity index is 2.31. The molecule has 29 heavy (non-hydrogen) atoms. The summed E-state index contributed by atoms with van der Waals surface area (Å²) >= 11 is 0.784. The van der Waals surface area contributed by atoms with Crippen molar-refractivity contribution in [3.05, 3.63) is 30.2 Å². The molecule has 0 aliphatic heterocycles. The standard InChI is InChI=1S/C18H25N5O5S/c1-11(2)9-23(10-12(3)4)13-5-6-14(16(7-13)29-28-27-25)21-22-18-20-8-15(26-18)17(19)24/h5-8,11-12,25H,9-10H2,1-4H3,(H2,19,24). The van der Waals surface area contributed by atoms with Crippen molar-refractivity contribution in [1.29, 1.82) is 0 Å². The molecule has 0 radical (unpaired) electrons. The first-order valence-corrected chi connectivity index (χ1v) is 9.75. The second kappa shape index (κ2) is 10.9. The van der Waals surface area contributed by atoms with Gasteiger partial charge in [0.25, 0.3) is 5.91 Å². The predicted molar refractivity (Wildman–Crippen MR) is 108 cm³/mol. The van der Waals surface area contributed by atoms with Crippen LogP contribution >= 0.6 is 12.0 Å². The van der Waals surface area contributed by atoms with E-state index in [4.69, 9.17) is 15.4 Å². The largest absolute Gasteiger partial charge is 0.416 e. The molecule has 0 aliphatic carbocycles. The number of hydrogen-bond donors (Lipinski definition) is 2. The molecule has 0 bridgehead atoms. The molecule has 0 unspecified atom stereocenters. The molecular formula is C18H25N5O5S. The van der Waals surface area contributed by atoms with Gasteiger partial charge >= 0.3 is 6.01 Å². The third-order valence-corrected chi connectivity index (χ3v) is 4.25. The molecule has 0 atom stereocenters. The van der Waals surface area contributed by atoms with Crippen LogP contribution in [0.1, 0.15) is 38.2 Å². The molecule has 3 N–H and O–H groups in total. The Morgan fingerprint density at radius 2 is 1.97 bits per heavy atom. The fourth-order valence-electron chi connectivity index (χ4n) is 2.59. The van der Waals surface area contributed by atoms with Crippen LogP contribution in [0.15, 0.2) is 43.9 Å². The summed E-state index contributed by atoms with van der Waals surface area (Å²) in [6, 6.07) is 5.44. The first-order chi connectivity index (χ1) is 13.8.